The van der Waals surface area contributed by atoms with Gasteiger partial charge in [-0.15, -0.1) is 0 Å². The molecule has 0 saturated heterocycles. The van der Waals surface area contributed by atoms with E-state index >= 15 is 0 Å². The summed E-state index contributed by atoms with van der Waals surface area (Å²) in [6.07, 6.45) is -0.343. The summed E-state index contributed by atoms with van der Waals surface area (Å²) in [5.74, 6) is -0.857. The number of aliphatic carboxylic acids is 1. The topological polar surface area (TPSA) is 117 Å². The van der Waals surface area contributed by atoms with E-state index in [0.29, 0.717) is 5.56 Å². The monoisotopic (exact) mass is 420 g/mol. The van der Waals surface area contributed by atoms with Gasteiger partial charge in [0.25, 0.3) is 0 Å². The number of alkyl halides is 3. The summed E-state index contributed by atoms with van der Waals surface area (Å²) in [5.41, 5.74) is 2.51. The van der Waals surface area contributed by atoms with Crippen molar-refractivity contribution in [3.8, 4) is 11.4 Å². The quantitative estimate of drug-likeness (QED) is 0.442. The van der Waals surface area contributed by atoms with Crippen molar-refractivity contribution in [2.75, 3.05) is 23.9 Å². The van der Waals surface area contributed by atoms with Crippen LogP contribution in [0.25, 0.3) is 11.4 Å². The second-order valence-corrected chi connectivity index (χ2v) is 6.05. The third kappa shape index (κ3) is 5.10. The Kier molecular flexibility index (Phi) is 5.95. The van der Waals surface area contributed by atoms with Crippen molar-refractivity contribution >= 4 is 23.9 Å². The van der Waals surface area contributed by atoms with Gasteiger partial charge in [0.05, 0.1) is 11.8 Å². The van der Waals surface area contributed by atoms with E-state index in [1.165, 1.54) is 18.0 Å². The van der Waals surface area contributed by atoms with Crippen LogP contribution >= 0.6 is 0 Å². The molecule has 30 heavy (non-hydrogen) atoms. The largest absolute Gasteiger partial charge is 0.480 e. The first-order valence-corrected chi connectivity index (χ1v) is 8.41. The number of likely N-dealkylation sites (N-methyl/N-ethyl adjacent to an activating group) is 1. The van der Waals surface area contributed by atoms with Crippen LogP contribution < -0.4 is 10.3 Å². The lowest BCUT2D eigenvalue weighted by molar-refractivity contribution is -0.138. The Bertz CT molecular complexity index is 1050. The van der Waals surface area contributed by atoms with Gasteiger partial charge in [0.2, 0.25) is 5.82 Å². The maximum atomic E-state index is 13.1. The number of carboxylic acid groups (broad SMARTS) is 1. The van der Waals surface area contributed by atoms with Gasteiger partial charge in [-0.05, 0) is 30.3 Å². The number of halogens is 3. The molecule has 0 atom stereocenters. The molecule has 0 unspecified atom stereocenters. The summed E-state index contributed by atoms with van der Waals surface area (Å²) < 4.78 is 44.2. The number of benzene rings is 1. The van der Waals surface area contributed by atoms with E-state index in [0.717, 1.165) is 18.3 Å². The summed E-state index contributed by atoms with van der Waals surface area (Å²) in [4.78, 5) is 20.2. The molecular weight excluding hydrogens is 405 g/mol. The molecule has 9 nitrogen and oxygen atoms in total. The van der Waals surface area contributed by atoms with Gasteiger partial charge in [0, 0.05) is 36.3 Å². The van der Waals surface area contributed by atoms with E-state index in [4.69, 9.17) is 9.63 Å². The predicted octanol–water partition coefficient (Wildman–Crippen LogP) is 3.12. The standard InChI is InChI=1S/C18H15F3N6O3/c1-27(10-15(28)29)14-3-2-13(18(19,20)21)8-12(14)9-23-25-17-24-16(26-30-17)11-4-6-22-7-5-11/h2-9H,10H2,1H3,(H,28,29)(H,24,25,26)/b23-9+. The van der Waals surface area contributed by atoms with Crippen LogP contribution in [0.3, 0.4) is 0 Å². The molecule has 0 radical (unpaired) electrons. The highest BCUT2D eigenvalue weighted by molar-refractivity contribution is 5.89. The van der Waals surface area contributed by atoms with Crippen LogP contribution in [0.1, 0.15) is 11.1 Å². The molecule has 3 rings (SSSR count). The molecule has 0 saturated carbocycles. The lowest BCUT2D eigenvalue weighted by Crippen LogP contribution is -2.26. The van der Waals surface area contributed by atoms with Crippen molar-refractivity contribution in [2.45, 2.75) is 6.18 Å². The molecule has 3 aromatic rings. The van der Waals surface area contributed by atoms with Crippen LogP contribution in [-0.4, -0.2) is 46.0 Å². The highest BCUT2D eigenvalue weighted by Crippen LogP contribution is 2.32. The maximum Gasteiger partial charge on any atom is 0.416 e. The minimum atomic E-state index is -4.56. The van der Waals surface area contributed by atoms with Crippen molar-refractivity contribution in [2.24, 2.45) is 5.10 Å². The Morgan fingerprint density at radius 2 is 2.03 bits per heavy atom. The summed E-state index contributed by atoms with van der Waals surface area (Å²) in [6, 6.07) is 6.19. The fraction of sp³-hybridized carbons (Fsp3) is 0.167. The molecule has 0 aliphatic rings. The zero-order valence-corrected chi connectivity index (χ0v) is 15.5. The Morgan fingerprint density at radius 1 is 1.30 bits per heavy atom. The van der Waals surface area contributed by atoms with Gasteiger partial charge in [0.1, 0.15) is 6.54 Å². The van der Waals surface area contributed by atoms with Crippen LogP contribution in [0.2, 0.25) is 0 Å². The van der Waals surface area contributed by atoms with Gasteiger partial charge in [-0.1, -0.05) is 5.16 Å². The Hall–Kier alpha value is -3.96. The zero-order valence-electron chi connectivity index (χ0n) is 15.5. The highest BCUT2D eigenvalue weighted by Gasteiger charge is 2.31. The van der Waals surface area contributed by atoms with E-state index in [1.54, 1.807) is 24.5 Å². The molecule has 2 heterocycles. The van der Waals surface area contributed by atoms with Crippen molar-refractivity contribution < 1.29 is 27.6 Å². The van der Waals surface area contributed by atoms with Gasteiger partial charge < -0.3 is 14.5 Å². The number of carboxylic acids is 1. The van der Waals surface area contributed by atoms with E-state index < -0.39 is 24.3 Å². The minimum absolute atomic E-state index is 0.0509. The lowest BCUT2D eigenvalue weighted by atomic mass is 10.1. The number of pyridine rings is 1. The second-order valence-electron chi connectivity index (χ2n) is 6.05. The Labute approximate surface area is 167 Å². The molecule has 0 spiro atoms. The number of aromatic nitrogens is 3. The minimum Gasteiger partial charge on any atom is -0.480 e. The summed E-state index contributed by atoms with van der Waals surface area (Å²) in [5, 5.41) is 16.5. The van der Waals surface area contributed by atoms with Crippen LogP contribution in [0.5, 0.6) is 0 Å². The molecule has 2 N–H and O–H groups in total. The smallest absolute Gasteiger partial charge is 0.416 e. The van der Waals surface area contributed by atoms with Gasteiger partial charge in [-0.25, -0.2) is 5.43 Å². The first kappa shape index (κ1) is 20.8. The van der Waals surface area contributed by atoms with Crippen LogP contribution in [0, 0.1) is 0 Å². The number of nitrogens with one attached hydrogen (secondary N) is 1. The normalized spacial score (nSPS) is 11.6. The Balaban J connectivity index is 1.82. The third-order valence-corrected chi connectivity index (χ3v) is 3.87. The third-order valence-electron chi connectivity index (χ3n) is 3.87. The van der Waals surface area contributed by atoms with Gasteiger partial charge in [-0.2, -0.15) is 23.3 Å². The van der Waals surface area contributed by atoms with Gasteiger partial charge in [0.15, 0.2) is 0 Å². The number of carbonyl (C=O) groups is 1. The summed E-state index contributed by atoms with van der Waals surface area (Å²) >= 11 is 0. The van der Waals surface area contributed by atoms with Gasteiger partial charge in [-0.3, -0.25) is 9.78 Å². The van der Waals surface area contributed by atoms with Crippen molar-refractivity contribution in [1.29, 1.82) is 0 Å². The highest BCUT2D eigenvalue weighted by atomic mass is 19.4. The average molecular weight is 420 g/mol. The Morgan fingerprint density at radius 3 is 2.70 bits per heavy atom. The lowest BCUT2D eigenvalue weighted by Gasteiger charge is -2.20. The number of anilines is 2. The zero-order chi connectivity index (χ0) is 21.7. The maximum absolute atomic E-state index is 13.1. The molecule has 0 amide bonds. The molecule has 0 fully saturated rings. The van der Waals surface area contributed by atoms with Crippen molar-refractivity contribution in [3.63, 3.8) is 0 Å². The number of hydrazone groups is 1. The number of hydrogen-bond acceptors (Lipinski definition) is 8. The number of hydrogen-bond donors (Lipinski definition) is 2. The fourth-order valence-electron chi connectivity index (χ4n) is 2.51. The first-order chi connectivity index (χ1) is 14.2. The van der Waals surface area contributed by atoms with E-state index in [-0.39, 0.29) is 23.1 Å². The van der Waals surface area contributed by atoms with E-state index in [1.807, 2.05) is 0 Å². The van der Waals surface area contributed by atoms with Crippen LogP contribution in [-0.2, 0) is 11.0 Å². The molecule has 2 aromatic heterocycles. The fourth-order valence-corrected chi connectivity index (χ4v) is 2.51. The van der Waals surface area contributed by atoms with E-state index in [9.17, 15) is 18.0 Å². The van der Waals surface area contributed by atoms with Crippen LogP contribution in [0.4, 0.5) is 24.9 Å². The number of rotatable bonds is 7. The predicted molar refractivity (Wildman–Crippen MR) is 101 cm³/mol. The second kappa shape index (κ2) is 8.59. The van der Waals surface area contributed by atoms with Gasteiger partial charge >= 0.3 is 18.2 Å². The molecule has 0 aliphatic carbocycles. The van der Waals surface area contributed by atoms with Crippen molar-refractivity contribution in [1.82, 2.24) is 15.1 Å². The summed E-state index contributed by atoms with van der Waals surface area (Å²) in [6.45, 7) is -0.404. The SMILES string of the molecule is CN(CC(=O)O)c1ccc(C(F)(F)F)cc1/C=N/Nc1nc(-c2ccncc2)no1. The molecule has 0 bridgehead atoms. The molecule has 1 aromatic carbocycles. The van der Waals surface area contributed by atoms with Crippen LogP contribution in [0.15, 0.2) is 52.4 Å². The molecule has 12 heteroatoms. The number of nitrogens with zero attached hydrogens (tertiary/aromatic N) is 5. The summed E-state index contributed by atoms with van der Waals surface area (Å²) in [7, 11) is 1.44. The first-order valence-electron chi connectivity index (χ1n) is 8.41. The molecule has 156 valence electrons. The van der Waals surface area contributed by atoms with Crippen molar-refractivity contribution in [3.05, 3.63) is 53.9 Å². The molecular formula is C18H15F3N6O3. The average Bonchev–Trinajstić information content (AvgIpc) is 3.16. The molecule has 0 aliphatic heterocycles. The van der Waals surface area contributed by atoms with E-state index in [2.05, 4.69) is 25.7 Å².